The Morgan fingerprint density at radius 3 is 2.26 bits per heavy atom. The number of nitrogens with two attached hydrogens (primary N) is 1. The number of rotatable bonds is 5. The molecule has 0 radical (unpaired) electrons. The summed E-state index contributed by atoms with van der Waals surface area (Å²) in [5.41, 5.74) is 7.11. The number of carbonyl (C=O) groups is 1. The van der Waals surface area contributed by atoms with Crippen molar-refractivity contribution in [3.63, 3.8) is 0 Å². The largest absolute Gasteiger partial charge is 0.351 e. The Labute approximate surface area is 168 Å². The first kappa shape index (κ1) is 22.1. The number of carbonyl (C=O) groups excluding carboxylic acids is 1. The van der Waals surface area contributed by atoms with Gasteiger partial charge in [0, 0.05) is 12.1 Å². The van der Waals surface area contributed by atoms with E-state index in [0.717, 1.165) is 31.2 Å². The lowest BCUT2D eigenvalue weighted by Crippen LogP contribution is -2.57. The number of benzene rings is 1. The quantitative estimate of drug-likeness (QED) is 0.685. The van der Waals surface area contributed by atoms with Crippen LogP contribution in [0.25, 0.3) is 0 Å². The minimum atomic E-state index is -3.72. The van der Waals surface area contributed by atoms with Crippen LogP contribution < -0.4 is 15.8 Å². The summed E-state index contributed by atoms with van der Waals surface area (Å²) in [4.78, 5) is 12.8. The van der Waals surface area contributed by atoms with Crippen LogP contribution in [0.2, 0.25) is 0 Å². The third kappa shape index (κ3) is 5.22. The van der Waals surface area contributed by atoms with E-state index < -0.39 is 16.1 Å². The van der Waals surface area contributed by atoms with Crippen LogP contribution in [0.5, 0.6) is 0 Å². The summed E-state index contributed by atoms with van der Waals surface area (Å²) in [5.74, 6) is 0.544. The Balaban J connectivity index is 0.00000261. The van der Waals surface area contributed by atoms with Gasteiger partial charge in [-0.1, -0.05) is 24.1 Å². The molecule has 2 aliphatic rings. The first-order chi connectivity index (χ1) is 12.3. The highest BCUT2D eigenvalue weighted by Crippen LogP contribution is 2.39. The summed E-state index contributed by atoms with van der Waals surface area (Å²) < 4.78 is 27.5. The molecule has 2 bridgehead atoms. The van der Waals surface area contributed by atoms with E-state index >= 15 is 0 Å². The predicted molar refractivity (Wildman–Crippen MR) is 108 cm³/mol. The molecule has 2 aliphatic carbocycles. The number of nitrogens with one attached hydrogen (secondary N) is 2. The van der Waals surface area contributed by atoms with Gasteiger partial charge in [0.25, 0.3) is 0 Å². The number of amides is 1. The van der Waals surface area contributed by atoms with Gasteiger partial charge in [0.1, 0.15) is 0 Å². The van der Waals surface area contributed by atoms with Crippen molar-refractivity contribution < 1.29 is 13.2 Å². The van der Waals surface area contributed by atoms with Crippen LogP contribution >= 0.6 is 12.4 Å². The minimum Gasteiger partial charge on any atom is -0.351 e. The Kier molecular flexibility index (Phi) is 7.30. The standard InChI is InChI=1S/C19H29N3O3S.ClH/c1-12-6-8-17(9-7-12)26(24,25)22-13(2)19(23)21-18-14-4-3-5-15(18)11-16(20)10-14;/h6-9,13-16,18,22H,3-5,10-11,20H2,1-2H3,(H,21,23);1H. The molecule has 27 heavy (non-hydrogen) atoms. The van der Waals surface area contributed by atoms with E-state index in [2.05, 4.69) is 10.0 Å². The molecule has 1 aromatic carbocycles. The van der Waals surface area contributed by atoms with E-state index in [9.17, 15) is 13.2 Å². The molecule has 2 saturated carbocycles. The number of hydrogen-bond acceptors (Lipinski definition) is 4. The maximum atomic E-state index is 12.6. The maximum absolute atomic E-state index is 12.6. The van der Waals surface area contributed by atoms with Crippen molar-refractivity contribution in [1.29, 1.82) is 0 Å². The lowest BCUT2D eigenvalue weighted by atomic mass is 9.67. The van der Waals surface area contributed by atoms with Crippen molar-refractivity contribution >= 4 is 28.3 Å². The Morgan fingerprint density at radius 2 is 1.70 bits per heavy atom. The van der Waals surface area contributed by atoms with Gasteiger partial charge in [-0.3, -0.25) is 4.79 Å². The third-order valence-electron chi connectivity index (χ3n) is 5.74. The molecule has 3 rings (SSSR count). The molecular formula is C19H30ClN3O3S. The van der Waals surface area contributed by atoms with Crippen LogP contribution in [-0.4, -0.2) is 32.5 Å². The highest BCUT2D eigenvalue weighted by molar-refractivity contribution is 7.89. The molecule has 6 nitrogen and oxygen atoms in total. The summed E-state index contributed by atoms with van der Waals surface area (Å²) in [6, 6.07) is 6.10. The van der Waals surface area contributed by atoms with Gasteiger partial charge in [-0.2, -0.15) is 4.72 Å². The van der Waals surface area contributed by atoms with Crippen molar-refractivity contribution in [3.05, 3.63) is 29.8 Å². The number of fused-ring (bicyclic) bond motifs is 2. The average Bonchev–Trinajstić information content (AvgIpc) is 2.55. The SMILES string of the molecule is Cc1ccc(S(=O)(=O)NC(C)C(=O)NC2C3CCCC2CC(N)C3)cc1.Cl. The van der Waals surface area contributed by atoms with E-state index in [-0.39, 0.29) is 35.3 Å². The van der Waals surface area contributed by atoms with Gasteiger partial charge in [0.15, 0.2) is 0 Å². The maximum Gasteiger partial charge on any atom is 0.241 e. The zero-order chi connectivity index (χ0) is 18.9. The Hall–Kier alpha value is -1.15. The van der Waals surface area contributed by atoms with Crippen molar-refractivity contribution in [2.45, 2.75) is 69.0 Å². The van der Waals surface area contributed by atoms with E-state index in [1.165, 1.54) is 6.42 Å². The number of halogens is 1. The van der Waals surface area contributed by atoms with Crippen LogP contribution in [0, 0.1) is 18.8 Å². The molecular weight excluding hydrogens is 386 g/mol. The molecule has 1 aromatic rings. The van der Waals surface area contributed by atoms with Crippen LogP contribution in [0.4, 0.5) is 0 Å². The van der Waals surface area contributed by atoms with Crippen LogP contribution in [0.1, 0.15) is 44.6 Å². The summed E-state index contributed by atoms with van der Waals surface area (Å²) in [6.45, 7) is 3.48. The van der Waals surface area contributed by atoms with Crippen LogP contribution in [0.15, 0.2) is 29.2 Å². The van der Waals surface area contributed by atoms with Crippen molar-refractivity contribution in [2.75, 3.05) is 0 Å². The predicted octanol–water partition coefficient (Wildman–Crippen LogP) is 2.11. The number of sulfonamides is 1. The van der Waals surface area contributed by atoms with E-state index in [1.807, 2.05) is 6.92 Å². The molecule has 0 spiro atoms. The summed E-state index contributed by atoms with van der Waals surface area (Å²) >= 11 is 0. The molecule has 1 amide bonds. The van der Waals surface area contributed by atoms with Crippen molar-refractivity contribution in [2.24, 2.45) is 17.6 Å². The number of aryl methyl sites for hydroxylation is 1. The molecule has 0 heterocycles. The zero-order valence-electron chi connectivity index (χ0n) is 15.9. The first-order valence-corrected chi connectivity index (χ1v) is 10.9. The lowest BCUT2D eigenvalue weighted by Gasteiger charge is -2.45. The summed E-state index contributed by atoms with van der Waals surface area (Å²) in [7, 11) is -3.72. The molecule has 3 unspecified atom stereocenters. The summed E-state index contributed by atoms with van der Waals surface area (Å²) in [5, 5.41) is 3.10. The second-order valence-electron chi connectivity index (χ2n) is 7.87. The van der Waals surface area contributed by atoms with E-state index in [0.29, 0.717) is 11.8 Å². The third-order valence-corrected chi connectivity index (χ3v) is 7.30. The van der Waals surface area contributed by atoms with Gasteiger partial charge in [-0.25, -0.2) is 8.42 Å². The molecule has 0 aromatic heterocycles. The van der Waals surface area contributed by atoms with Gasteiger partial charge in [0.2, 0.25) is 15.9 Å². The topological polar surface area (TPSA) is 101 Å². The fourth-order valence-corrected chi connectivity index (χ4v) is 5.59. The van der Waals surface area contributed by atoms with Crippen LogP contribution in [-0.2, 0) is 14.8 Å². The van der Waals surface area contributed by atoms with Gasteiger partial charge >= 0.3 is 0 Å². The van der Waals surface area contributed by atoms with Crippen molar-refractivity contribution in [3.8, 4) is 0 Å². The second-order valence-corrected chi connectivity index (χ2v) is 9.59. The van der Waals surface area contributed by atoms with Gasteiger partial charge < -0.3 is 11.1 Å². The van der Waals surface area contributed by atoms with Gasteiger partial charge in [-0.15, -0.1) is 12.4 Å². The molecule has 152 valence electrons. The fraction of sp³-hybridized carbons (Fsp3) is 0.632. The van der Waals surface area contributed by atoms with E-state index in [1.54, 1.807) is 31.2 Å². The van der Waals surface area contributed by atoms with Crippen LogP contribution in [0.3, 0.4) is 0 Å². The molecule has 2 fully saturated rings. The number of hydrogen-bond donors (Lipinski definition) is 3. The highest BCUT2D eigenvalue weighted by atomic mass is 35.5. The fourth-order valence-electron chi connectivity index (χ4n) is 4.39. The highest BCUT2D eigenvalue weighted by Gasteiger charge is 2.40. The molecule has 0 saturated heterocycles. The second kappa shape index (κ2) is 8.90. The Bertz CT molecular complexity index is 740. The molecule has 0 aliphatic heterocycles. The van der Waals surface area contributed by atoms with Gasteiger partial charge in [-0.05, 0) is 63.5 Å². The monoisotopic (exact) mass is 415 g/mol. The summed E-state index contributed by atoms with van der Waals surface area (Å²) in [6.07, 6.45) is 5.22. The average molecular weight is 416 g/mol. The minimum absolute atomic E-state index is 0. The zero-order valence-corrected chi connectivity index (χ0v) is 17.5. The smallest absolute Gasteiger partial charge is 0.241 e. The normalized spacial score (nSPS) is 28.7. The van der Waals surface area contributed by atoms with Crippen molar-refractivity contribution in [1.82, 2.24) is 10.0 Å². The Morgan fingerprint density at radius 1 is 1.15 bits per heavy atom. The van der Waals surface area contributed by atoms with E-state index in [4.69, 9.17) is 5.73 Å². The first-order valence-electron chi connectivity index (χ1n) is 9.41. The molecule has 8 heteroatoms. The van der Waals surface area contributed by atoms with Gasteiger partial charge in [0.05, 0.1) is 10.9 Å². The molecule has 3 atom stereocenters. The molecule has 4 N–H and O–H groups in total. The lowest BCUT2D eigenvalue weighted by molar-refractivity contribution is -0.124.